The molecule has 0 aromatic carbocycles. The SMILES string of the molecule is CCNCc1cnc(OCCN2CCCC2)cn1. The Balaban J connectivity index is 1.68. The molecule has 0 amide bonds. The van der Waals surface area contributed by atoms with E-state index in [1.807, 2.05) is 0 Å². The molecular formula is C13H22N4O. The zero-order valence-electron chi connectivity index (χ0n) is 11.1. The lowest BCUT2D eigenvalue weighted by atomic mass is 10.4. The molecule has 1 aliphatic heterocycles. The van der Waals surface area contributed by atoms with Crippen LogP contribution in [0.25, 0.3) is 0 Å². The number of nitrogens with zero attached hydrogens (tertiary/aromatic N) is 3. The average Bonchev–Trinajstić information content (AvgIpc) is 2.91. The highest BCUT2D eigenvalue weighted by molar-refractivity contribution is 5.07. The Morgan fingerprint density at radius 2 is 2.11 bits per heavy atom. The van der Waals surface area contributed by atoms with Crippen molar-refractivity contribution in [1.29, 1.82) is 0 Å². The molecule has 5 heteroatoms. The Kier molecular flexibility index (Phi) is 5.36. The Bertz CT molecular complexity index is 335. The maximum absolute atomic E-state index is 5.59. The average molecular weight is 250 g/mol. The minimum absolute atomic E-state index is 0.620. The first-order valence-corrected chi connectivity index (χ1v) is 6.75. The standard InChI is InChI=1S/C13H22N4O/c1-2-14-9-12-10-16-13(11-15-12)18-8-7-17-5-3-4-6-17/h10-11,14H,2-9H2,1H3. The van der Waals surface area contributed by atoms with Crippen LogP contribution in [0.15, 0.2) is 12.4 Å². The largest absolute Gasteiger partial charge is 0.475 e. The van der Waals surface area contributed by atoms with Crippen LogP contribution < -0.4 is 10.1 Å². The molecule has 0 saturated carbocycles. The molecule has 1 saturated heterocycles. The zero-order chi connectivity index (χ0) is 12.6. The highest BCUT2D eigenvalue weighted by Crippen LogP contribution is 2.08. The maximum Gasteiger partial charge on any atom is 0.232 e. The number of rotatable bonds is 7. The lowest BCUT2D eigenvalue weighted by Crippen LogP contribution is -2.25. The summed E-state index contributed by atoms with van der Waals surface area (Å²) in [6.45, 7) is 7.87. The topological polar surface area (TPSA) is 50.3 Å². The van der Waals surface area contributed by atoms with Crippen LogP contribution in [0.5, 0.6) is 5.88 Å². The van der Waals surface area contributed by atoms with Gasteiger partial charge in [0.05, 0.1) is 18.1 Å². The van der Waals surface area contributed by atoms with Crippen molar-refractivity contribution < 1.29 is 4.74 Å². The van der Waals surface area contributed by atoms with E-state index >= 15 is 0 Å². The molecule has 0 unspecified atom stereocenters. The van der Waals surface area contributed by atoms with Crippen molar-refractivity contribution in [2.75, 3.05) is 32.8 Å². The second kappa shape index (κ2) is 7.28. The molecule has 2 heterocycles. The van der Waals surface area contributed by atoms with Crippen LogP contribution >= 0.6 is 0 Å². The van der Waals surface area contributed by atoms with Crippen LogP contribution in [0.4, 0.5) is 0 Å². The molecule has 2 rings (SSSR count). The number of aromatic nitrogens is 2. The van der Waals surface area contributed by atoms with E-state index in [-0.39, 0.29) is 0 Å². The van der Waals surface area contributed by atoms with Gasteiger partial charge in [-0.3, -0.25) is 9.88 Å². The van der Waals surface area contributed by atoms with Gasteiger partial charge in [0.2, 0.25) is 5.88 Å². The van der Waals surface area contributed by atoms with E-state index in [2.05, 4.69) is 27.1 Å². The Morgan fingerprint density at radius 1 is 1.28 bits per heavy atom. The van der Waals surface area contributed by atoms with Crippen molar-refractivity contribution >= 4 is 0 Å². The van der Waals surface area contributed by atoms with Gasteiger partial charge in [-0.15, -0.1) is 0 Å². The van der Waals surface area contributed by atoms with Crippen molar-refractivity contribution in [2.24, 2.45) is 0 Å². The molecule has 1 N–H and O–H groups in total. The normalized spacial score (nSPS) is 16.1. The number of likely N-dealkylation sites (tertiary alicyclic amines) is 1. The molecule has 1 aliphatic rings. The van der Waals surface area contributed by atoms with Crippen molar-refractivity contribution in [2.45, 2.75) is 26.3 Å². The van der Waals surface area contributed by atoms with E-state index in [1.54, 1.807) is 12.4 Å². The summed E-state index contributed by atoms with van der Waals surface area (Å²) in [5.41, 5.74) is 0.948. The van der Waals surface area contributed by atoms with Crippen molar-refractivity contribution in [3.8, 4) is 5.88 Å². The summed E-state index contributed by atoms with van der Waals surface area (Å²) in [5.74, 6) is 0.620. The molecule has 18 heavy (non-hydrogen) atoms. The third-order valence-electron chi connectivity index (χ3n) is 3.09. The minimum Gasteiger partial charge on any atom is -0.475 e. The zero-order valence-corrected chi connectivity index (χ0v) is 11.1. The van der Waals surface area contributed by atoms with Gasteiger partial charge >= 0.3 is 0 Å². The molecule has 1 aromatic rings. The maximum atomic E-state index is 5.59. The molecule has 100 valence electrons. The summed E-state index contributed by atoms with van der Waals surface area (Å²) in [5, 5.41) is 3.21. The summed E-state index contributed by atoms with van der Waals surface area (Å²) >= 11 is 0. The third-order valence-corrected chi connectivity index (χ3v) is 3.09. The number of hydrogen-bond donors (Lipinski definition) is 1. The lowest BCUT2D eigenvalue weighted by Gasteiger charge is -2.14. The van der Waals surface area contributed by atoms with Gasteiger partial charge in [-0.05, 0) is 32.5 Å². The predicted molar refractivity (Wildman–Crippen MR) is 70.6 cm³/mol. The van der Waals surface area contributed by atoms with Crippen LogP contribution in [0, 0.1) is 0 Å². The summed E-state index contributed by atoms with van der Waals surface area (Å²) in [6.07, 6.45) is 6.11. The molecule has 1 fully saturated rings. The fourth-order valence-electron chi connectivity index (χ4n) is 2.05. The van der Waals surface area contributed by atoms with Gasteiger partial charge < -0.3 is 10.1 Å². The highest BCUT2D eigenvalue weighted by Gasteiger charge is 2.10. The van der Waals surface area contributed by atoms with Gasteiger partial charge in [0.1, 0.15) is 6.61 Å². The first-order valence-electron chi connectivity index (χ1n) is 6.75. The number of ether oxygens (including phenoxy) is 1. The molecule has 0 radical (unpaired) electrons. The van der Waals surface area contributed by atoms with E-state index in [0.717, 1.165) is 25.3 Å². The van der Waals surface area contributed by atoms with E-state index < -0.39 is 0 Å². The van der Waals surface area contributed by atoms with Crippen molar-refractivity contribution in [1.82, 2.24) is 20.2 Å². The molecule has 0 spiro atoms. The van der Waals surface area contributed by atoms with Crippen molar-refractivity contribution in [3.63, 3.8) is 0 Å². The van der Waals surface area contributed by atoms with Crippen LogP contribution in [0.3, 0.4) is 0 Å². The molecule has 1 aromatic heterocycles. The predicted octanol–water partition coefficient (Wildman–Crippen LogP) is 1.06. The Labute approximate surface area is 109 Å². The van der Waals surface area contributed by atoms with Gasteiger partial charge in [-0.2, -0.15) is 0 Å². The second-order valence-corrected chi connectivity index (χ2v) is 4.52. The van der Waals surface area contributed by atoms with Crippen LogP contribution in [-0.2, 0) is 6.54 Å². The summed E-state index contributed by atoms with van der Waals surface area (Å²) < 4.78 is 5.59. The van der Waals surface area contributed by atoms with E-state index in [4.69, 9.17) is 4.74 Å². The number of hydrogen-bond acceptors (Lipinski definition) is 5. The molecular weight excluding hydrogens is 228 g/mol. The van der Waals surface area contributed by atoms with Crippen molar-refractivity contribution in [3.05, 3.63) is 18.1 Å². The highest BCUT2D eigenvalue weighted by atomic mass is 16.5. The van der Waals surface area contributed by atoms with E-state index in [0.29, 0.717) is 12.5 Å². The van der Waals surface area contributed by atoms with Gasteiger partial charge in [0, 0.05) is 13.1 Å². The van der Waals surface area contributed by atoms with Crippen LogP contribution in [-0.4, -0.2) is 47.7 Å². The fraction of sp³-hybridized carbons (Fsp3) is 0.692. The molecule has 5 nitrogen and oxygen atoms in total. The monoisotopic (exact) mass is 250 g/mol. The van der Waals surface area contributed by atoms with Crippen LogP contribution in [0.2, 0.25) is 0 Å². The van der Waals surface area contributed by atoms with E-state index in [1.165, 1.54) is 25.9 Å². The van der Waals surface area contributed by atoms with E-state index in [9.17, 15) is 0 Å². The summed E-state index contributed by atoms with van der Waals surface area (Å²) in [6, 6.07) is 0. The van der Waals surface area contributed by atoms with Gasteiger partial charge in [0.25, 0.3) is 0 Å². The Hall–Kier alpha value is -1.20. The molecule has 0 aliphatic carbocycles. The minimum atomic E-state index is 0.620. The third kappa shape index (κ3) is 4.23. The molecule has 0 bridgehead atoms. The smallest absolute Gasteiger partial charge is 0.232 e. The number of nitrogens with one attached hydrogen (secondary N) is 1. The first kappa shape index (κ1) is 13.2. The Morgan fingerprint density at radius 3 is 2.78 bits per heavy atom. The first-order chi connectivity index (χ1) is 8.88. The van der Waals surface area contributed by atoms with Gasteiger partial charge in [0.15, 0.2) is 0 Å². The van der Waals surface area contributed by atoms with Crippen LogP contribution in [0.1, 0.15) is 25.5 Å². The summed E-state index contributed by atoms with van der Waals surface area (Å²) in [4.78, 5) is 11.0. The molecule has 0 atom stereocenters. The fourth-order valence-corrected chi connectivity index (χ4v) is 2.05. The second-order valence-electron chi connectivity index (χ2n) is 4.52. The summed E-state index contributed by atoms with van der Waals surface area (Å²) in [7, 11) is 0. The lowest BCUT2D eigenvalue weighted by molar-refractivity contribution is 0.231. The quantitative estimate of drug-likeness (QED) is 0.784. The van der Waals surface area contributed by atoms with Gasteiger partial charge in [-0.25, -0.2) is 4.98 Å². The van der Waals surface area contributed by atoms with Gasteiger partial charge in [-0.1, -0.05) is 6.92 Å².